The van der Waals surface area contributed by atoms with Gasteiger partial charge in [-0.3, -0.25) is 0 Å². The fourth-order valence-electron chi connectivity index (χ4n) is 11.8. The van der Waals surface area contributed by atoms with Crippen LogP contribution in [0.1, 0.15) is 48.9 Å². The molecule has 0 N–H and O–H groups in total. The van der Waals surface area contributed by atoms with Crippen molar-refractivity contribution >= 4 is 55.1 Å². The standard InChI is InChI=1S/C63H50N2/c1-63(2)57-20-8-7-19-51(57)54-38-47(29-34-58(54)63)42-23-26-45(27-24-42)61-52-32-30-50(65-36-12-18-44-15-6-10-22-60(44)65)40-56(52)62(48-28-25-41-13-3-4-16-46(41)37-48)53-33-31-49(39-55(53)61)64-35-11-17-43-14-5-9-21-59(43)64/h3-10,13-16,19-34,37-40H,11-12,17-18,35-36H2,1-2H3. The summed E-state index contributed by atoms with van der Waals surface area (Å²) in [5, 5.41) is 7.62. The molecule has 3 aliphatic rings. The molecule has 2 aliphatic heterocycles. The van der Waals surface area contributed by atoms with Gasteiger partial charge in [0.2, 0.25) is 0 Å². The van der Waals surface area contributed by atoms with Gasteiger partial charge < -0.3 is 9.80 Å². The number of anilines is 4. The molecular formula is C63H50N2. The molecule has 0 atom stereocenters. The molecule has 2 heteroatoms. The molecule has 10 aromatic carbocycles. The molecule has 10 aromatic rings. The number of hydrogen-bond acceptors (Lipinski definition) is 2. The number of nitrogens with zero attached hydrogens (tertiary/aromatic N) is 2. The molecule has 0 radical (unpaired) electrons. The number of rotatable bonds is 5. The molecule has 0 unspecified atom stereocenters. The summed E-state index contributed by atoms with van der Waals surface area (Å²) >= 11 is 0. The zero-order valence-electron chi connectivity index (χ0n) is 37.1. The SMILES string of the molecule is CC1(C)c2ccccc2-c2cc(-c3ccc(-c4c5ccc(N6CCCc7ccccc76)cc5c(-c5ccc6ccccc6c5)c5ccc(N6CCCc7ccccc76)cc45)cc3)ccc21. The number of para-hydroxylation sites is 2. The third-order valence-corrected chi connectivity index (χ3v) is 15.1. The van der Waals surface area contributed by atoms with E-state index in [9.17, 15) is 0 Å². The lowest BCUT2D eigenvalue weighted by Crippen LogP contribution is -2.24. The first-order valence-corrected chi connectivity index (χ1v) is 23.6. The van der Waals surface area contributed by atoms with Gasteiger partial charge in [-0.15, -0.1) is 0 Å². The smallest absolute Gasteiger partial charge is 0.0443 e. The van der Waals surface area contributed by atoms with Crippen LogP contribution in [0.4, 0.5) is 22.7 Å². The van der Waals surface area contributed by atoms with Gasteiger partial charge in [-0.05, 0) is 173 Å². The summed E-state index contributed by atoms with van der Waals surface area (Å²) < 4.78 is 0. The van der Waals surface area contributed by atoms with Gasteiger partial charge in [0.25, 0.3) is 0 Å². The highest BCUT2D eigenvalue weighted by Crippen LogP contribution is 2.51. The minimum atomic E-state index is -0.0121. The molecule has 0 fully saturated rings. The van der Waals surface area contributed by atoms with Crippen molar-refractivity contribution in [3.63, 3.8) is 0 Å². The summed E-state index contributed by atoms with van der Waals surface area (Å²) in [6.07, 6.45) is 4.51. The summed E-state index contributed by atoms with van der Waals surface area (Å²) in [5.74, 6) is 0. The Labute approximate surface area is 382 Å². The average molecular weight is 835 g/mol. The van der Waals surface area contributed by atoms with Crippen molar-refractivity contribution in [2.45, 2.75) is 44.9 Å². The molecule has 0 saturated carbocycles. The first-order chi connectivity index (χ1) is 32.0. The van der Waals surface area contributed by atoms with Crippen molar-refractivity contribution in [2.24, 2.45) is 0 Å². The molecular weight excluding hydrogens is 785 g/mol. The number of hydrogen-bond donors (Lipinski definition) is 0. The van der Waals surface area contributed by atoms with Crippen molar-refractivity contribution < 1.29 is 0 Å². The Morgan fingerprint density at radius 2 is 0.892 bits per heavy atom. The molecule has 1 aliphatic carbocycles. The Bertz CT molecular complexity index is 3540. The summed E-state index contributed by atoms with van der Waals surface area (Å²) in [7, 11) is 0. The third-order valence-electron chi connectivity index (χ3n) is 15.1. The monoisotopic (exact) mass is 834 g/mol. The molecule has 0 bridgehead atoms. The van der Waals surface area contributed by atoms with Gasteiger partial charge >= 0.3 is 0 Å². The van der Waals surface area contributed by atoms with E-state index in [0.29, 0.717) is 0 Å². The predicted octanol–water partition coefficient (Wildman–Crippen LogP) is 16.6. The van der Waals surface area contributed by atoms with Gasteiger partial charge in [0.05, 0.1) is 0 Å². The van der Waals surface area contributed by atoms with Crippen LogP contribution < -0.4 is 9.80 Å². The maximum atomic E-state index is 2.55. The van der Waals surface area contributed by atoms with Crippen LogP contribution in [0, 0.1) is 0 Å². The third kappa shape index (κ3) is 6.07. The van der Waals surface area contributed by atoms with Crippen molar-refractivity contribution in [3.05, 3.63) is 216 Å². The van der Waals surface area contributed by atoms with Gasteiger partial charge in [-0.2, -0.15) is 0 Å². The van der Waals surface area contributed by atoms with Crippen molar-refractivity contribution in [1.82, 2.24) is 0 Å². The van der Waals surface area contributed by atoms with E-state index in [-0.39, 0.29) is 5.41 Å². The van der Waals surface area contributed by atoms with Gasteiger partial charge in [-0.1, -0.05) is 159 Å². The van der Waals surface area contributed by atoms with E-state index < -0.39 is 0 Å². The maximum absolute atomic E-state index is 2.55. The Balaban J connectivity index is 1.05. The number of aryl methyl sites for hydroxylation is 2. The lowest BCUT2D eigenvalue weighted by Gasteiger charge is -2.32. The molecule has 13 rings (SSSR count). The van der Waals surface area contributed by atoms with Crippen molar-refractivity contribution in [1.29, 1.82) is 0 Å². The van der Waals surface area contributed by atoms with Crippen molar-refractivity contribution in [3.8, 4) is 44.5 Å². The highest BCUT2D eigenvalue weighted by Gasteiger charge is 2.35. The predicted molar refractivity (Wildman–Crippen MR) is 276 cm³/mol. The van der Waals surface area contributed by atoms with Gasteiger partial charge in [0.15, 0.2) is 0 Å². The largest absolute Gasteiger partial charge is 0.341 e. The number of benzene rings is 10. The minimum Gasteiger partial charge on any atom is -0.341 e. The van der Waals surface area contributed by atoms with Gasteiger partial charge in [0, 0.05) is 41.3 Å². The second kappa shape index (κ2) is 14.8. The van der Waals surface area contributed by atoms with E-state index in [1.807, 2.05) is 0 Å². The van der Waals surface area contributed by atoms with Gasteiger partial charge in [-0.25, -0.2) is 0 Å². The highest BCUT2D eigenvalue weighted by atomic mass is 15.1. The normalized spacial score (nSPS) is 14.9. The van der Waals surface area contributed by atoms with Crippen LogP contribution in [-0.2, 0) is 18.3 Å². The Kier molecular flexibility index (Phi) is 8.68. The Hall–Kier alpha value is -7.42. The second-order valence-electron chi connectivity index (χ2n) is 19.0. The summed E-state index contributed by atoms with van der Waals surface area (Å²) in [6, 6.07) is 73.9. The van der Waals surface area contributed by atoms with E-state index in [1.165, 1.54) is 122 Å². The summed E-state index contributed by atoms with van der Waals surface area (Å²) in [5.41, 5.74) is 21.0. The molecule has 0 amide bonds. The minimum absolute atomic E-state index is 0.0121. The lowest BCUT2D eigenvalue weighted by molar-refractivity contribution is 0.660. The van der Waals surface area contributed by atoms with Crippen LogP contribution in [0.25, 0.3) is 76.8 Å². The second-order valence-corrected chi connectivity index (χ2v) is 19.0. The fourth-order valence-corrected chi connectivity index (χ4v) is 11.8. The summed E-state index contributed by atoms with van der Waals surface area (Å²) in [4.78, 5) is 5.10. The zero-order valence-corrected chi connectivity index (χ0v) is 37.1. The van der Waals surface area contributed by atoms with E-state index >= 15 is 0 Å². The summed E-state index contributed by atoms with van der Waals surface area (Å²) in [6.45, 7) is 6.72. The lowest BCUT2D eigenvalue weighted by atomic mass is 9.82. The van der Waals surface area contributed by atoms with E-state index in [2.05, 4.69) is 218 Å². The Morgan fingerprint density at radius 1 is 0.369 bits per heavy atom. The highest BCUT2D eigenvalue weighted by molar-refractivity contribution is 6.23. The average Bonchev–Trinajstić information content (AvgIpc) is 3.59. The molecule has 2 heterocycles. The number of fused-ring (bicyclic) bond motifs is 8. The first kappa shape index (κ1) is 38.1. The van der Waals surface area contributed by atoms with E-state index in [1.54, 1.807) is 0 Å². The molecule has 0 spiro atoms. The topological polar surface area (TPSA) is 6.48 Å². The fraction of sp³-hybridized carbons (Fsp3) is 0.143. The molecule has 0 saturated heterocycles. The van der Waals surface area contributed by atoms with Crippen LogP contribution in [-0.4, -0.2) is 13.1 Å². The van der Waals surface area contributed by atoms with E-state index in [0.717, 1.165) is 38.8 Å². The van der Waals surface area contributed by atoms with Crippen LogP contribution in [0.5, 0.6) is 0 Å². The first-order valence-electron chi connectivity index (χ1n) is 23.6. The maximum Gasteiger partial charge on any atom is 0.0443 e. The van der Waals surface area contributed by atoms with Crippen LogP contribution in [0.2, 0.25) is 0 Å². The van der Waals surface area contributed by atoms with Crippen LogP contribution in [0.3, 0.4) is 0 Å². The zero-order chi connectivity index (χ0) is 43.2. The molecule has 0 aromatic heterocycles. The molecule has 2 nitrogen and oxygen atoms in total. The molecule has 65 heavy (non-hydrogen) atoms. The van der Waals surface area contributed by atoms with E-state index in [4.69, 9.17) is 0 Å². The van der Waals surface area contributed by atoms with Crippen LogP contribution in [0.15, 0.2) is 194 Å². The van der Waals surface area contributed by atoms with Crippen LogP contribution >= 0.6 is 0 Å². The quantitative estimate of drug-likeness (QED) is 0.159. The van der Waals surface area contributed by atoms with Crippen molar-refractivity contribution in [2.75, 3.05) is 22.9 Å². The molecule has 312 valence electrons. The Morgan fingerprint density at radius 3 is 1.57 bits per heavy atom. The van der Waals surface area contributed by atoms with Gasteiger partial charge in [0.1, 0.15) is 0 Å².